The minimum absolute atomic E-state index is 0.0733. The number of benzene rings is 1. The molecule has 0 aliphatic carbocycles. The summed E-state index contributed by atoms with van der Waals surface area (Å²) in [6.07, 6.45) is 6.16. The van der Waals surface area contributed by atoms with Gasteiger partial charge in [-0.3, -0.25) is 9.20 Å². The predicted molar refractivity (Wildman–Crippen MR) is 99.4 cm³/mol. The summed E-state index contributed by atoms with van der Waals surface area (Å²) >= 11 is 7.63. The number of likely N-dealkylation sites (N-methyl/N-ethyl adjacent to an activating group) is 1. The molecule has 3 aromatic rings. The second kappa shape index (κ2) is 7.20. The van der Waals surface area contributed by atoms with Crippen molar-refractivity contribution in [2.24, 2.45) is 0 Å². The van der Waals surface area contributed by atoms with E-state index >= 15 is 0 Å². The first-order valence-electron chi connectivity index (χ1n) is 7.70. The fourth-order valence-electron chi connectivity index (χ4n) is 2.44. The maximum atomic E-state index is 12.3. The van der Waals surface area contributed by atoms with Gasteiger partial charge in [-0.25, -0.2) is 4.98 Å². The highest BCUT2D eigenvalue weighted by molar-refractivity contribution is 7.15. The minimum atomic E-state index is -0.0733. The molecular weight excluding hydrogens is 342 g/mol. The topological polar surface area (TPSA) is 37.6 Å². The van der Waals surface area contributed by atoms with Gasteiger partial charge in [0.1, 0.15) is 0 Å². The molecule has 0 N–H and O–H groups in total. The molecular formula is C18H18ClN3OS. The highest BCUT2D eigenvalue weighted by Crippen LogP contribution is 2.22. The normalized spacial score (nSPS) is 11.5. The first-order chi connectivity index (χ1) is 11.6. The smallest absolute Gasteiger partial charge is 0.246 e. The third kappa shape index (κ3) is 3.52. The number of thiazole rings is 1. The molecule has 0 saturated carbocycles. The quantitative estimate of drug-likeness (QED) is 0.637. The van der Waals surface area contributed by atoms with E-state index in [9.17, 15) is 4.79 Å². The van der Waals surface area contributed by atoms with Crippen LogP contribution in [0.3, 0.4) is 0 Å². The Morgan fingerprint density at radius 1 is 1.33 bits per heavy atom. The molecule has 2 aromatic heterocycles. The Labute approximate surface area is 150 Å². The van der Waals surface area contributed by atoms with Crippen LogP contribution in [0.5, 0.6) is 0 Å². The lowest BCUT2D eigenvalue weighted by molar-refractivity contribution is -0.125. The second-order valence-electron chi connectivity index (χ2n) is 5.54. The molecule has 0 bridgehead atoms. The van der Waals surface area contributed by atoms with Crippen LogP contribution in [0.15, 0.2) is 41.9 Å². The summed E-state index contributed by atoms with van der Waals surface area (Å²) in [6.45, 7) is 2.70. The van der Waals surface area contributed by atoms with Crippen LogP contribution in [0.4, 0.5) is 0 Å². The number of aryl methyl sites for hydroxylation is 1. The summed E-state index contributed by atoms with van der Waals surface area (Å²) in [7, 11) is 1.79. The number of imidazole rings is 1. The number of hydrogen-bond donors (Lipinski definition) is 0. The van der Waals surface area contributed by atoms with Crippen molar-refractivity contribution in [3.63, 3.8) is 0 Å². The molecule has 0 aliphatic rings. The minimum Gasteiger partial charge on any atom is -0.338 e. The van der Waals surface area contributed by atoms with Gasteiger partial charge in [0, 0.05) is 31.2 Å². The van der Waals surface area contributed by atoms with E-state index in [2.05, 4.69) is 36.2 Å². The van der Waals surface area contributed by atoms with Crippen molar-refractivity contribution in [2.45, 2.75) is 19.9 Å². The molecule has 4 nitrogen and oxygen atoms in total. The molecule has 24 heavy (non-hydrogen) atoms. The van der Waals surface area contributed by atoms with Crippen molar-refractivity contribution >= 4 is 39.9 Å². The third-order valence-corrected chi connectivity index (χ3v) is 4.90. The number of fused-ring (bicyclic) bond motifs is 1. The van der Waals surface area contributed by atoms with Crippen LogP contribution in [-0.2, 0) is 17.8 Å². The van der Waals surface area contributed by atoms with Crippen molar-refractivity contribution in [3.05, 3.63) is 63.9 Å². The molecule has 6 heteroatoms. The van der Waals surface area contributed by atoms with Crippen molar-refractivity contribution in [3.8, 4) is 0 Å². The average molecular weight is 360 g/mol. The molecule has 0 spiro atoms. The van der Waals surface area contributed by atoms with Crippen LogP contribution in [0.1, 0.15) is 23.7 Å². The summed E-state index contributed by atoms with van der Waals surface area (Å²) in [5, 5.41) is 2.34. The summed E-state index contributed by atoms with van der Waals surface area (Å²) in [4.78, 5) is 19.1. The Morgan fingerprint density at radius 3 is 2.75 bits per heavy atom. The van der Waals surface area contributed by atoms with Crippen molar-refractivity contribution in [2.75, 3.05) is 7.05 Å². The molecule has 0 saturated heterocycles. The Bertz CT molecular complexity index is 879. The van der Waals surface area contributed by atoms with Gasteiger partial charge in [0.05, 0.1) is 5.69 Å². The number of halogens is 1. The predicted octanol–water partition coefficient (Wildman–Crippen LogP) is 4.28. The van der Waals surface area contributed by atoms with Gasteiger partial charge in [0.15, 0.2) is 10.1 Å². The SMILES string of the molecule is CCc1ccc(CN(C)C(=O)/C=C/c2c(Cl)nc3sccn23)cc1. The van der Waals surface area contributed by atoms with E-state index < -0.39 is 0 Å². The Morgan fingerprint density at radius 2 is 2.04 bits per heavy atom. The van der Waals surface area contributed by atoms with E-state index in [0.29, 0.717) is 11.7 Å². The number of rotatable bonds is 5. The zero-order valence-corrected chi connectivity index (χ0v) is 15.1. The van der Waals surface area contributed by atoms with Gasteiger partial charge in [0.25, 0.3) is 0 Å². The van der Waals surface area contributed by atoms with Crippen LogP contribution in [0, 0.1) is 0 Å². The van der Waals surface area contributed by atoms with Crippen LogP contribution >= 0.6 is 22.9 Å². The van der Waals surface area contributed by atoms with Gasteiger partial charge in [-0.1, -0.05) is 42.8 Å². The molecule has 0 aliphatic heterocycles. The van der Waals surface area contributed by atoms with E-state index in [1.807, 2.05) is 16.0 Å². The number of amides is 1. The molecule has 0 radical (unpaired) electrons. The lowest BCUT2D eigenvalue weighted by atomic mass is 10.1. The van der Waals surface area contributed by atoms with Crippen molar-refractivity contribution in [1.82, 2.24) is 14.3 Å². The summed E-state index contributed by atoms with van der Waals surface area (Å²) < 4.78 is 1.88. The van der Waals surface area contributed by atoms with E-state index in [4.69, 9.17) is 11.6 Å². The second-order valence-corrected chi connectivity index (χ2v) is 6.77. The average Bonchev–Trinajstić information content (AvgIpc) is 3.14. The third-order valence-electron chi connectivity index (χ3n) is 3.87. The first-order valence-corrected chi connectivity index (χ1v) is 8.96. The number of carbonyl (C=O) groups is 1. The molecule has 124 valence electrons. The Balaban J connectivity index is 1.69. The molecule has 2 heterocycles. The van der Waals surface area contributed by atoms with Crippen molar-refractivity contribution < 1.29 is 4.79 Å². The van der Waals surface area contributed by atoms with Crippen LogP contribution in [-0.4, -0.2) is 27.2 Å². The molecule has 3 rings (SSSR count). The van der Waals surface area contributed by atoms with Gasteiger partial charge in [-0.05, 0) is 23.6 Å². The fraction of sp³-hybridized carbons (Fsp3) is 0.222. The number of hydrogen-bond acceptors (Lipinski definition) is 3. The summed E-state index contributed by atoms with van der Waals surface area (Å²) in [5.74, 6) is -0.0733. The standard InChI is InChI=1S/C18H18ClN3OS/c1-3-13-4-6-14(7-5-13)12-21(2)16(23)9-8-15-17(19)20-18-22(15)10-11-24-18/h4-11H,3,12H2,1-2H3/b9-8+. The van der Waals surface area contributed by atoms with Gasteiger partial charge in [0.2, 0.25) is 5.91 Å². The van der Waals surface area contributed by atoms with Gasteiger partial charge in [-0.15, -0.1) is 11.3 Å². The summed E-state index contributed by atoms with van der Waals surface area (Å²) in [5.41, 5.74) is 3.13. The van der Waals surface area contributed by atoms with E-state index in [1.165, 1.54) is 23.0 Å². The maximum Gasteiger partial charge on any atom is 0.246 e. The summed E-state index contributed by atoms with van der Waals surface area (Å²) in [6, 6.07) is 8.33. The Kier molecular flexibility index (Phi) is 5.02. The van der Waals surface area contributed by atoms with E-state index in [1.54, 1.807) is 18.0 Å². The highest BCUT2D eigenvalue weighted by atomic mass is 35.5. The molecule has 1 aromatic carbocycles. The van der Waals surface area contributed by atoms with Crippen LogP contribution < -0.4 is 0 Å². The molecule has 0 atom stereocenters. The molecule has 1 amide bonds. The zero-order chi connectivity index (χ0) is 17.1. The highest BCUT2D eigenvalue weighted by Gasteiger charge is 2.10. The van der Waals surface area contributed by atoms with Crippen LogP contribution in [0.25, 0.3) is 11.0 Å². The number of nitrogens with zero attached hydrogens (tertiary/aromatic N) is 3. The lowest BCUT2D eigenvalue weighted by Crippen LogP contribution is -2.24. The Hall–Kier alpha value is -2.11. The van der Waals surface area contributed by atoms with E-state index in [0.717, 1.165) is 22.6 Å². The van der Waals surface area contributed by atoms with Gasteiger partial charge >= 0.3 is 0 Å². The zero-order valence-electron chi connectivity index (χ0n) is 13.6. The maximum absolute atomic E-state index is 12.3. The lowest BCUT2D eigenvalue weighted by Gasteiger charge is -2.15. The number of carbonyl (C=O) groups excluding carboxylic acids is 1. The van der Waals surface area contributed by atoms with Gasteiger partial charge in [-0.2, -0.15) is 0 Å². The fourth-order valence-corrected chi connectivity index (χ4v) is 3.44. The van der Waals surface area contributed by atoms with Crippen LogP contribution in [0.2, 0.25) is 5.15 Å². The molecule has 0 fully saturated rings. The molecule has 0 unspecified atom stereocenters. The van der Waals surface area contributed by atoms with Crippen molar-refractivity contribution in [1.29, 1.82) is 0 Å². The number of aromatic nitrogens is 2. The first kappa shape index (κ1) is 16.7. The van der Waals surface area contributed by atoms with Gasteiger partial charge < -0.3 is 4.90 Å². The largest absolute Gasteiger partial charge is 0.338 e. The van der Waals surface area contributed by atoms with E-state index in [-0.39, 0.29) is 5.91 Å². The monoisotopic (exact) mass is 359 g/mol.